The topological polar surface area (TPSA) is 20.3 Å². The number of carbonyl (C=O) groups excluding carboxylic acids is 1. The molecule has 0 aliphatic carbocycles. The molecule has 0 saturated heterocycles. The highest BCUT2D eigenvalue weighted by molar-refractivity contribution is 5.99. The Bertz CT molecular complexity index is 640. The van der Waals surface area contributed by atoms with Crippen LogP contribution < -0.4 is 4.90 Å². The van der Waals surface area contributed by atoms with Crippen LogP contribution in [0, 0.1) is 18.6 Å². The molecule has 0 fully saturated rings. The molecule has 2 aromatic carbocycles. The molecule has 0 bridgehead atoms. The normalized spacial score (nSPS) is 10.4. The maximum atomic E-state index is 13.5. The number of anilines is 1. The van der Waals surface area contributed by atoms with Gasteiger partial charge in [-0.1, -0.05) is 12.1 Å². The van der Waals surface area contributed by atoms with Gasteiger partial charge in [-0.05, 0) is 42.8 Å². The highest BCUT2D eigenvalue weighted by atomic mass is 19.1. The quantitative estimate of drug-likeness (QED) is 0.795. The van der Waals surface area contributed by atoms with Crippen molar-refractivity contribution < 1.29 is 13.6 Å². The first-order valence-corrected chi connectivity index (χ1v) is 6.23. The molecule has 0 heterocycles. The minimum atomic E-state index is -0.700. The van der Waals surface area contributed by atoms with Crippen molar-refractivity contribution in [2.24, 2.45) is 0 Å². The summed E-state index contributed by atoms with van der Waals surface area (Å²) >= 11 is 0. The number of ketones is 1. The first-order valence-electron chi connectivity index (χ1n) is 6.23. The Labute approximate surface area is 116 Å². The summed E-state index contributed by atoms with van der Waals surface area (Å²) in [5.74, 6) is -1.77. The largest absolute Gasteiger partial charge is 0.367 e. The van der Waals surface area contributed by atoms with E-state index in [1.54, 1.807) is 11.9 Å². The maximum Gasteiger partial charge on any atom is 0.185 e. The number of carbonyl (C=O) groups is 1. The van der Waals surface area contributed by atoms with E-state index in [2.05, 4.69) is 0 Å². The zero-order valence-electron chi connectivity index (χ0n) is 11.4. The van der Waals surface area contributed by atoms with E-state index in [0.717, 1.165) is 29.4 Å². The molecule has 0 aliphatic rings. The van der Waals surface area contributed by atoms with E-state index in [1.807, 2.05) is 31.2 Å². The van der Waals surface area contributed by atoms with E-state index in [4.69, 9.17) is 0 Å². The molecule has 2 aromatic rings. The van der Waals surface area contributed by atoms with Gasteiger partial charge in [-0.25, -0.2) is 8.78 Å². The highest BCUT2D eigenvalue weighted by Crippen LogP contribution is 2.16. The minimum Gasteiger partial charge on any atom is -0.367 e. The van der Waals surface area contributed by atoms with Gasteiger partial charge in [0.25, 0.3) is 0 Å². The second-order valence-electron chi connectivity index (χ2n) is 4.74. The van der Waals surface area contributed by atoms with Crippen molar-refractivity contribution >= 4 is 11.5 Å². The van der Waals surface area contributed by atoms with Gasteiger partial charge in [0.05, 0.1) is 12.1 Å². The Morgan fingerprint density at radius 2 is 1.90 bits per heavy atom. The lowest BCUT2D eigenvalue weighted by Crippen LogP contribution is -2.26. The SMILES string of the molecule is Cc1cccc(N(C)CC(=O)c2cc(F)ccc2F)c1. The fourth-order valence-corrected chi connectivity index (χ4v) is 1.97. The van der Waals surface area contributed by atoms with Gasteiger partial charge in [-0.15, -0.1) is 0 Å². The third-order valence-electron chi connectivity index (χ3n) is 3.05. The third-order valence-corrected chi connectivity index (χ3v) is 3.05. The summed E-state index contributed by atoms with van der Waals surface area (Å²) in [7, 11) is 1.74. The Morgan fingerprint density at radius 1 is 1.15 bits per heavy atom. The zero-order valence-corrected chi connectivity index (χ0v) is 11.4. The predicted molar refractivity (Wildman–Crippen MR) is 75.1 cm³/mol. The van der Waals surface area contributed by atoms with E-state index >= 15 is 0 Å². The molecule has 0 aliphatic heterocycles. The number of rotatable bonds is 4. The van der Waals surface area contributed by atoms with E-state index in [9.17, 15) is 13.6 Å². The Kier molecular flexibility index (Phi) is 4.13. The van der Waals surface area contributed by atoms with Crippen molar-refractivity contribution in [3.05, 3.63) is 65.2 Å². The van der Waals surface area contributed by atoms with Gasteiger partial charge in [0.1, 0.15) is 11.6 Å². The molecule has 0 N–H and O–H groups in total. The number of hydrogen-bond acceptors (Lipinski definition) is 2. The molecule has 0 saturated carbocycles. The molecule has 0 amide bonds. The number of nitrogens with zero attached hydrogens (tertiary/aromatic N) is 1. The van der Waals surface area contributed by atoms with Gasteiger partial charge in [0.2, 0.25) is 0 Å². The molecule has 104 valence electrons. The van der Waals surface area contributed by atoms with Crippen LogP contribution >= 0.6 is 0 Å². The molecule has 0 radical (unpaired) electrons. The fourth-order valence-electron chi connectivity index (χ4n) is 1.97. The summed E-state index contributed by atoms with van der Waals surface area (Å²) in [6, 6.07) is 10.5. The number of benzene rings is 2. The van der Waals surface area contributed by atoms with Crippen molar-refractivity contribution in [3.8, 4) is 0 Å². The van der Waals surface area contributed by atoms with Crippen molar-refractivity contribution in [3.63, 3.8) is 0 Å². The van der Waals surface area contributed by atoms with Gasteiger partial charge < -0.3 is 4.90 Å². The van der Waals surface area contributed by atoms with Gasteiger partial charge >= 0.3 is 0 Å². The van der Waals surface area contributed by atoms with Gasteiger partial charge in [-0.3, -0.25) is 4.79 Å². The number of hydrogen-bond donors (Lipinski definition) is 0. The Hall–Kier alpha value is -2.23. The lowest BCUT2D eigenvalue weighted by molar-refractivity contribution is 0.0996. The molecule has 20 heavy (non-hydrogen) atoms. The monoisotopic (exact) mass is 275 g/mol. The summed E-state index contributed by atoms with van der Waals surface area (Å²) in [4.78, 5) is 13.7. The number of likely N-dealkylation sites (N-methyl/N-ethyl adjacent to an activating group) is 1. The second kappa shape index (κ2) is 5.82. The molecule has 0 atom stereocenters. The molecule has 0 unspecified atom stereocenters. The van der Waals surface area contributed by atoms with Crippen LogP contribution in [0.25, 0.3) is 0 Å². The average molecular weight is 275 g/mol. The van der Waals surface area contributed by atoms with Gasteiger partial charge in [0.15, 0.2) is 5.78 Å². The van der Waals surface area contributed by atoms with E-state index in [-0.39, 0.29) is 12.1 Å². The molecule has 2 nitrogen and oxygen atoms in total. The van der Waals surface area contributed by atoms with Crippen LogP contribution in [0.3, 0.4) is 0 Å². The predicted octanol–water partition coefficient (Wildman–Crippen LogP) is 3.59. The summed E-state index contributed by atoms with van der Waals surface area (Å²) in [6.45, 7) is 1.94. The molecule has 4 heteroatoms. The summed E-state index contributed by atoms with van der Waals surface area (Å²) < 4.78 is 26.6. The molecule has 2 rings (SSSR count). The van der Waals surface area contributed by atoms with E-state index < -0.39 is 17.4 Å². The molecular formula is C16H15F2NO. The summed E-state index contributed by atoms with van der Waals surface area (Å²) in [5.41, 5.74) is 1.71. The lowest BCUT2D eigenvalue weighted by Gasteiger charge is -2.19. The molecule has 0 aromatic heterocycles. The van der Waals surface area contributed by atoms with Crippen LogP contribution in [0.1, 0.15) is 15.9 Å². The molecule has 0 spiro atoms. The third kappa shape index (κ3) is 3.20. The average Bonchev–Trinajstić information content (AvgIpc) is 2.41. The van der Waals surface area contributed by atoms with Crippen LogP contribution in [-0.2, 0) is 0 Å². The first-order chi connectivity index (χ1) is 9.47. The highest BCUT2D eigenvalue weighted by Gasteiger charge is 2.15. The first kappa shape index (κ1) is 14.2. The van der Waals surface area contributed by atoms with Crippen molar-refractivity contribution in [2.45, 2.75) is 6.92 Å². The standard InChI is InChI=1S/C16H15F2NO/c1-11-4-3-5-13(8-11)19(2)10-16(20)14-9-12(17)6-7-15(14)18/h3-9H,10H2,1-2H3. The van der Waals surface area contributed by atoms with Crippen LogP contribution in [0.15, 0.2) is 42.5 Å². The Morgan fingerprint density at radius 3 is 2.60 bits per heavy atom. The van der Waals surface area contributed by atoms with E-state index in [1.165, 1.54) is 0 Å². The van der Waals surface area contributed by atoms with Gasteiger partial charge in [-0.2, -0.15) is 0 Å². The van der Waals surface area contributed by atoms with Crippen molar-refractivity contribution in [1.29, 1.82) is 0 Å². The lowest BCUT2D eigenvalue weighted by atomic mass is 10.1. The smallest absolute Gasteiger partial charge is 0.185 e. The minimum absolute atomic E-state index is 0.0101. The maximum absolute atomic E-state index is 13.5. The van der Waals surface area contributed by atoms with Crippen molar-refractivity contribution in [1.82, 2.24) is 0 Å². The van der Waals surface area contributed by atoms with Crippen LogP contribution in [0.5, 0.6) is 0 Å². The second-order valence-corrected chi connectivity index (χ2v) is 4.74. The zero-order chi connectivity index (χ0) is 14.7. The number of halogens is 2. The van der Waals surface area contributed by atoms with Gasteiger partial charge in [0, 0.05) is 12.7 Å². The number of aryl methyl sites for hydroxylation is 1. The fraction of sp³-hybridized carbons (Fsp3) is 0.188. The van der Waals surface area contributed by atoms with Crippen LogP contribution in [-0.4, -0.2) is 19.4 Å². The molecular weight excluding hydrogens is 260 g/mol. The van der Waals surface area contributed by atoms with Crippen molar-refractivity contribution in [2.75, 3.05) is 18.5 Å². The Balaban J connectivity index is 2.17. The number of Topliss-reactive ketones (excluding diaryl/α,β-unsaturated/α-hetero) is 1. The summed E-state index contributed by atoms with van der Waals surface area (Å²) in [6.07, 6.45) is 0. The van der Waals surface area contributed by atoms with Crippen LogP contribution in [0.4, 0.5) is 14.5 Å². The summed E-state index contributed by atoms with van der Waals surface area (Å²) in [5, 5.41) is 0. The van der Waals surface area contributed by atoms with E-state index in [0.29, 0.717) is 0 Å². The van der Waals surface area contributed by atoms with Crippen LogP contribution in [0.2, 0.25) is 0 Å².